The Labute approximate surface area is 285 Å². The van der Waals surface area contributed by atoms with Crippen LogP contribution in [-0.4, -0.2) is 58.5 Å². The van der Waals surface area contributed by atoms with Gasteiger partial charge in [0.1, 0.15) is 24.0 Å². The van der Waals surface area contributed by atoms with Crippen LogP contribution in [-0.2, 0) is 13.2 Å². The van der Waals surface area contributed by atoms with Crippen molar-refractivity contribution in [3.8, 4) is 16.8 Å². The molecular weight excluding hydrogens is 646 g/mol. The predicted molar refractivity (Wildman–Crippen MR) is 183 cm³/mol. The van der Waals surface area contributed by atoms with Gasteiger partial charge >= 0.3 is 5.69 Å². The van der Waals surface area contributed by atoms with E-state index < -0.39 is 23.1 Å². The summed E-state index contributed by atoms with van der Waals surface area (Å²) in [5.74, 6) is -0.597. The predicted octanol–water partition coefficient (Wildman–Crippen LogP) is 4.06. The lowest BCUT2D eigenvalue weighted by Gasteiger charge is -2.30. The molecule has 0 spiro atoms. The summed E-state index contributed by atoms with van der Waals surface area (Å²) in [4.78, 5) is 49.5. The van der Waals surface area contributed by atoms with Crippen LogP contribution in [0.15, 0.2) is 82.8 Å². The molecule has 1 aliphatic carbocycles. The van der Waals surface area contributed by atoms with Crippen LogP contribution in [0.5, 0.6) is 0 Å². The third-order valence-corrected chi connectivity index (χ3v) is 9.32. The molecule has 1 saturated carbocycles. The second-order valence-corrected chi connectivity index (χ2v) is 12.8. The van der Waals surface area contributed by atoms with Gasteiger partial charge in [0.15, 0.2) is 5.65 Å². The fraction of sp³-hybridized carbons (Fsp3) is 0.306. The number of amides is 1. The highest BCUT2D eigenvalue weighted by molar-refractivity contribution is 5.92. The largest absolute Gasteiger partial charge is 0.395 e. The van der Waals surface area contributed by atoms with Gasteiger partial charge in [-0.1, -0.05) is 40.9 Å². The van der Waals surface area contributed by atoms with Gasteiger partial charge in [0.25, 0.3) is 11.5 Å². The van der Waals surface area contributed by atoms with Gasteiger partial charge < -0.3 is 20.3 Å². The quantitative estimate of drug-likeness (QED) is 0.198. The molecule has 3 N–H and O–H groups in total. The van der Waals surface area contributed by atoms with E-state index >= 15 is 0 Å². The van der Waals surface area contributed by atoms with Crippen LogP contribution < -0.4 is 21.9 Å². The van der Waals surface area contributed by atoms with Gasteiger partial charge in [-0.05, 0) is 73.6 Å². The van der Waals surface area contributed by atoms with Gasteiger partial charge in [-0.2, -0.15) is 5.12 Å². The van der Waals surface area contributed by atoms with Crippen molar-refractivity contribution in [1.82, 2.24) is 39.4 Å². The third kappa shape index (κ3) is 6.59. The van der Waals surface area contributed by atoms with E-state index in [1.54, 1.807) is 6.07 Å². The summed E-state index contributed by atoms with van der Waals surface area (Å²) < 4.78 is 32.1. The summed E-state index contributed by atoms with van der Waals surface area (Å²) in [6, 6.07) is 15.6. The maximum absolute atomic E-state index is 14.5. The van der Waals surface area contributed by atoms with Crippen molar-refractivity contribution in [2.24, 2.45) is 0 Å². The Balaban J connectivity index is 1.14. The lowest BCUT2D eigenvalue weighted by atomic mass is 9.90. The van der Waals surface area contributed by atoms with Crippen molar-refractivity contribution >= 4 is 23.0 Å². The molecule has 12 nitrogen and oxygen atoms in total. The Morgan fingerprint density at radius 2 is 1.84 bits per heavy atom. The first kappa shape index (κ1) is 33.0. The SMILES string of the molecule is C[C@H](CO)NCc1ccc(-c2cccc(-n3c(=O)n(C4CCC(NC(=O)c5cn6c(n5)C=CN(F)C6)CC4)c(=O)c4cc(F)cnc43)c2)cc1. The first-order chi connectivity index (χ1) is 24.2. The van der Waals surface area contributed by atoms with E-state index in [2.05, 4.69) is 20.6 Å². The van der Waals surface area contributed by atoms with E-state index in [0.29, 0.717) is 48.9 Å². The van der Waals surface area contributed by atoms with Crippen molar-refractivity contribution in [3.63, 3.8) is 0 Å². The summed E-state index contributed by atoms with van der Waals surface area (Å²) in [5, 5.41) is 16.0. The number of imidazole rings is 1. The van der Waals surface area contributed by atoms with E-state index in [4.69, 9.17) is 0 Å². The normalized spacial score (nSPS) is 17.9. The van der Waals surface area contributed by atoms with Crippen molar-refractivity contribution in [1.29, 1.82) is 0 Å². The Morgan fingerprint density at radius 1 is 1.06 bits per heavy atom. The molecule has 4 heterocycles. The first-order valence-electron chi connectivity index (χ1n) is 16.5. The van der Waals surface area contributed by atoms with Gasteiger partial charge in [0.05, 0.1) is 23.9 Å². The highest BCUT2D eigenvalue weighted by Crippen LogP contribution is 2.29. The number of halogens is 2. The van der Waals surface area contributed by atoms with E-state index in [9.17, 15) is 28.4 Å². The number of carbonyl (C=O) groups is 1. The molecule has 7 rings (SSSR count). The number of nitrogens with one attached hydrogen (secondary N) is 2. The summed E-state index contributed by atoms with van der Waals surface area (Å²) in [6.07, 6.45) is 7.05. The lowest BCUT2D eigenvalue weighted by Crippen LogP contribution is -2.45. The number of benzene rings is 2. The highest BCUT2D eigenvalue weighted by Gasteiger charge is 2.29. The number of nitrogens with zero attached hydrogens (tertiary/aromatic N) is 6. The van der Waals surface area contributed by atoms with Crippen molar-refractivity contribution in [3.05, 3.63) is 117 Å². The topological polar surface area (TPSA) is 139 Å². The fourth-order valence-electron chi connectivity index (χ4n) is 6.60. The molecule has 0 saturated heterocycles. The zero-order valence-electron chi connectivity index (χ0n) is 27.3. The van der Waals surface area contributed by atoms with E-state index in [1.807, 2.05) is 49.4 Å². The minimum atomic E-state index is -0.690. The van der Waals surface area contributed by atoms with Crippen LogP contribution in [0, 0.1) is 5.82 Å². The molecule has 3 aromatic heterocycles. The Kier molecular flexibility index (Phi) is 9.12. The van der Waals surface area contributed by atoms with E-state index in [1.165, 1.54) is 32.2 Å². The molecule has 0 unspecified atom stereocenters. The zero-order chi connectivity index (χ0) is 34.9. The average Bonchev–Trinajstić information content (AvgIpc) is 3.56. The maximum atomic E-state index is 14.5. The Hall–Kier alpha value is -5.47. The van der Waals surface area contributed by atoms with Gasteiger partial charge in [0, 0.05) is 37.1 Å². The number of aliphatic hydroxyl groups excluding tert-OH is 1. The standard InChI is InChI=1S/C36H36F2N8O4/c1-22(20-47)39-17-23-5-7-24(8-6-23)25-3-2-4-29(15-25)45-33-30(16-26(37)18-40-33)35(49)46(36(45)50)28-11-9-27(10-12-28)41-34(48)31-19-43-21-44(38)14-13-32(43)42-31/h2-8,13-16,18-19,22,27-28,39,47H,9-12,17,20-21H2,1H3,(H,41,48)/t22-,27?,28?/m1/s1. The summed E-state index contributed by atoms with van der Waals surface area (Å²) in [5.41, 5.74) is 2.30. The minimum absolute atomic E-state index is 0.0102. The smallest absolute Gasteiger partial charge is 0.337 e. The van der Waals surface area contributed by atoms with Crippen LogP contribution in [0.2, 0.25) is 0 Å². The summed E-state index contributed by atoms with van der Waals surface area (Å²) in [7, 11) is 0. The summed E-state index contributed by atoms with van der Waals surface area (Å²) >= 11 is 0. The second kappa shape index (κ2) is 13.8. The number of carbonyl (C=O) groups excluding carboxylic acids is 1. The lowest BCUT2D eigenvalue weighted by molar-refractivity contribution is 0.0492. The number of hydrogen-bond donors (Lipinski definition) is 3. The molecular formula is C36H36F2N8O4. The Bertz CT molecular complexity index is 2200. The van der Waals surface area contributed by atoms with Crippen LogP contribution >= 0.6 is 0 Å². The molecule has 2 aliphatic rings. The van der Waals surface area contributed by atoms with Gasteiger partial charge in [0.2, 0.25) is 0 Å². The van der Waals surface area contributed by atoms with E-state index in [-0.39, 0.29) is 48.0 Å². The number of aromatic nitrogens is 5. The number of aliphatic hydroxyl groups is 1. The highest BCUT2D eigenvalue weighted by atomic mass is 19.2. The molecule has 0 radical (unpaired) electrons. The summed E-state index contributed by atoms with van der Waals surface area (Å²) in [6.45, 7) is 2.49. The molecule has 5 aromatic rings. The monoisotopic (exact) mass is 682 g/mol. The van der Waals surface area contributed by atoms with Crippen molar-refractivity contribution in [2.75, 3.05) is 6.61 Å². The molecule has 258 valence electrons. The van der Waals surface area contributed by atoms with Gasteiger partial charge in [-0.3, -0.25) is 14.2 Å². The van der Waals surface area contributed by atoms with Gasteiger partial charge in [-0.25, -0.2) is 23.7 Å². The molecule has 14 heteroatoms. The van der Waals surface area contributed by atoms with Crippen LogP contribution in [0.25, 0.3) is 33.9 Å². The molecule has 50 heavy (non-hydrogen) atoms. The molecule has 1 amide bonds. The number of hydrogen-bond acceptors (Lipinski definition) is 8. The van der Waals surface area contributed by atoms with E-state index in [0.717, 1.165) is 29.0 Å². The molecule has 0 bridgehead atoms. The van der Waals surface area contributed by atoms with Gasteiger partial charge in [-0.15, -0.1) is 0 Å². The Morgan fingerprint density at radius 3 is 2.60 bits per heavy atom. The molecule has 1 atom stereocenters. The fourth-order valence-corrected chi connectivity index (χ4v) is 6.60. The second-order valence-electron chi connectivity index (χ2n) is 12.8. The van der Waals surface area contributed by atoms with Crippen molar-refractivity contribution in [2.45, 2.75) is 63.9 Å². The number of pyridine rings is 1. The van der Waals surface area contributed by atoms with Crippen LogP contribution in [0.4, 0.5) is 8.87 Å². The number of rotatable bonds is 9. The van der Waals surface area contributed by atoms with Crippen LogP contribution in [0.3, 0.4) is 0 Å². The zero-order valence-corrected chi connectivity index (χ0v) is 27.3. The minimum Gasteiger partial charge on any atom is -0.395 e. The molecule has 1 aliphatic heterocycles. The third-order valence-electron chi connectivity index (χ3n) is 9.32. The number of fused-ring (bicyclic) bond motifs is 2. The molecule has 1 fully saturated rings. The average molecular weight is 683 g/mol. The maximum Gasteiger partial charge on any atom is 0.337 e. The molecule has 2 aromatic carbocycles. The first-order valence-corrected chi connectivity index (χ1v) is 16.5. The van der Waals surface area contributed by atoms with Crippen molar-refractivity contribution < 1.29 is 18.8 Å². The van der Waals surface area contributed by atoms with Crippen LogP contribution in [0.1, 0.15) is 60.5 Å².